The van der Waals surface area contributed by atoms with Crippen LogP contribution in [0.25, 0.3) is 0 Å². The summed E-state index contributed by atoms with van der Waals surface area (Å²) in [6, 6.07) is 14.3. The standard InChI is InChI=1S/C22H25N5O2/c1-16-14-17(2)26-22(25-16)24-13-7-11-21(29)27(15-18-8-5-6-12-23-18)19-9-3-4-10-20(19)28/h3-6,8-10,12,14,28H,7,11,13,15H2,1-2H3,(H,24,25,26). The summed E-state index contributed by atoms with van der Waals surface area (Å²) in [6.07, 6.45) is 2.62. The minimum Gasteiger partial charge on any atom is -0.506 e. The van der Waals surface area contributed by atoms with Crippen LogP contribution in [0.15, 0.2) is 54.7 Å². The highest BCUT2D eigenvalue weighted by Gasteiger charge is 2.19. The van der Waals surface area contributed by atoms with Crippen molar-refractivity contribution in [2.45, 2.75) is 33.2 Å². The molecule has 7 nitrogen and oxygen atoms in total. The number of phenolic OH excluding ortho intramolecular Hbond substituents is 1. The van der Waals surface area contributed by atoms with Crippen LogP contribution in [-0.4, -0.2) is 32.5 Å². The molecule has 0 atom stereocenters. The fourth-order valence-corrected chi connectivity index (χ4v) is 3.03. The molecular formula is C22H25N5O2. The molecule has 0 aliphatic rings. The average molecular weight is 391 g/mol. The fourth-order valence-electron chi connectivity index (χ4n) is 3.03. The highest BCUT2D eigenvalue weighted by atomic mass is 16.3. The maximum Gasteiger partial charge on any atom is 0.227 e. The van der Waals surface area contributed by atoms with Crippen molar-refractivity contribution >= 4 is 17.5 Å². The van der Waals surface area contributed by atoms with Gasteiger partial charge in [-0.05, 0) is 50.6 Å². The van der Waals surface area contributed by atoms with Gasteiger partial charge in [0.05, 0.1) is 17.9 Å². The number of aryl methyl sites for hydroxylation is 2. The monoisotopic (exact) mass is 391 g/mol. The minimum atomic E-state index is -0.0831. The van der Waals surface area contributed by atoms with E-state index in [2.05, 4.69) is 20.3 Å². The predicted molar refractivity (Wildman–Crippen MR) is 113 cm³/mol. The molecule has 1 amide bonds. The van der Waals surface area contributed by atoms with Gasteiger partial charge in [-0.25, -0.2) is 9.97 Å². The van der Waals surface area contributed by atoms with Gasteiger partial charge in [-0.3, -0.25) is 9.78 Å². The number of phenols is 1. The number of nitrogens with one attached hydrogen (secondary N) is 1. The second-order valence-corrected chi connectivity index (χ2v) is 6.79. The molecule has 0 saturated carbocycles. The van der Waals surface area contributed by atoms with Gasteiger partial charge in [0.15, 0.2) is 0 Å². The summed E-state index contributed by atoms with van der Waals surface area (Å²) >= 11 is 0. The van der Waals surface area contributed by atoms with E-state index in [1.807, 2.05) is 38.1 Å². The Balaban J connectivity index is 1.64. The average Bonchev–Trinajstić information content (AvgIpc) is 2.70. The number of aromatic hydroxyl groups is 1. The molecule has 2 heterocycles. The van der Waals surface area contributed by atoms with E-state index < -0.39 is 0 Å². The van der Waals surface area contributed by atoms with Crippen LogP contribution in [0.3, 0.4) is 0 Å². The Morgan fingerprint density at radius 2 is 1.79 bits per heavy atom. The first-order chi connectivity index (χ1) is 14.0. The van der Waals surface area contributed by atoms with Gasteiger partial charge in [-0.15, -0.1) is 0 Å². The summed E-state index contributed by atoms with van der Waals surface area (Å²) in [5.41, 5.74) is 3.04. The zero-order valence-corrected chi connectivity index (χ0v) is 16.7. The molecule has 0 fully saturated rings. The number of para-hydroxylation sites is 2. The molecule has 1 aromatic carbocycles. The van der Waals surface area contributed by atoms with E-state index in [1.54, 1.807) is 35.4 Å². The summed E-state index contributed by atoms with van der Waals surface area (Å²) in [5, 5.41) is 13.4. The number of hydrogen-bond acceptors (Lipinski definition) is 6. The fraction of sp³-hybridized carbons (Fsp3) is 0.273. The largest absolute Gasteiger partial charge is 0.506 e. The van der Waals surface area contributed by atoms with Crippen molar-refractivity contribution in [2.24, 2.45) is 0 Å². The highest BCUT2D eigenvalue weighted by molar-refractivity contribution is 5.94. The Labute approximate surface area is 170 Å². The molecule has 0 radical (unpaired) electrons. The van der Waals surface area contributed by atoms with Gasteiger partial charge >= 0.3 is 0 Å². The lowest BCUT2D eigenvalue weighted by Gasteiger charge is -2.23. The van der Waals surface area contributed by atoms with Crippen molar-refractivity contribution < 1.29 is 9.90 Å². The first-order valence-electron chi connectivity index (χ1n) is 9.57. The van der Waals surface area contributed by atoms with E-state index >= 15 is 0 Å². The number of aromatic nitrogens is 3. The molecule has 29 heavy (non-hydrogen) atoms. The zero-order chi connectivity index (χ0) is 20.6. The van der Waals surface area contributed by atoms with E-state index in [9.17, 15) is 9.90 Å². The topological polar surface area (TPSA) is 91.2 Å². The molecule has 0 unspecified atom stereocenters. The Morgan fingerprint density at radius 1 is 1.07 bits per heavy atom. The lowest BCUT2D eigenvalue weighted by atomic mass is 10.2. The summed E-state index contributed by atoms with van der Waals surface area (Å²) in [6.45, 7) is 4.72. The Bertz CT molecular complexity index is 942. The maximum atomic E-state index is 12.9. The van der Waals surface area contributed by atoms with E-state index in [4.69, 9.17) is 0 Å². The molecule has 0 saturated heterocycles. The lowest BCUT2D eigenvalue weighted by Crippen LogP contribution is -2.31. The van der Waals surface area contributed by atoms with Crippen molar-refractivity contribution in [1.82, 2.24) is 15.0 Å². The van der Waals surface area contributed by atoms with Crippen molar-refractivity contribution in [3.63, 3.8) is 0 Å². The van der Waals surface area contributed by atoms with Crippen LogP contribution in [0.4, 0.5) is 11.6 Å². The number of pyridine rings is 1. The van der Waals surface area contributed by atoms with Gasteiger partial charge in [0, 0.05) is 30.6 Å². The molecular weight excluding hydrogens is 366 g/mol. The quantitative estimate of drug-likeness (QED) is 0.570. The van der Waals surface area contributed by atoms with Crippen LogP contribution in [0, 0.1) is 13.8 Å². The van der Waals surface area contributed by atoms with Crippen LogP contribution in [0.1, 0.15) is 29.9 Å². The normalized spacial score (nSPS) is 10.6. The van der Waals surface area contributed by atoms with E-state index in [1.165, 1.54) is 0 Å². The van der Waals surface area contributed by atoms with E-state index in [0.717, 1.165) is 17.1 Å². The SMILES string of the molecule is Cc1cc(C)nc(NCCCC(=O)N(Cc2ccccn2)c2ccccc2O)n1. The zero-order valence-electron chi connectivity index (χ0n) is 16.7. The second-order valence-electron chi connectivity index (χ2n) is 6.79. The third-order valence-electron chi connectivity index (χ3n) is 4.35. The molecule has 0 aliphatic carbocycles. The van der Waals surface area contributed by atoms with Crippen LogP contribution in [-0.2, 0) is 11.3 Å². The molecule has 2 N–H and O–H groups in total. The third-order valence-corrected chi connectivity index (χ3v) is 4.35. The first kappa shape index (κ1) is 20.3. The minimum absolute atomic E-state index is 0.0681. The lowest BCUT2D eigenvalue weighted by molar-refractivity contribution is -0.118. The summed E-state index contributed by atoms with van der Waals surface area (Å²) < 4.78 is 0. The van der Waals surface area contributed by atoms with Crippen molar-refractivity contribution in [1.29, 1.82) is 0 Å². The van der Waals surface area contributed by atoms with Crippen LogP contribution in [0.5, 0.6) is 5.75 Å². The number of anilines is 2. The number of rotatable bonds is 8. The number of carbonyl (C=O) groups is 1. The first-order valence-corrected chi connectivity index (χ1v) is 9.57. The summed E-state index contributed by atoms with van der Waals surface area (Å²) in [4.78, 5) is 27.5. The van der Waals surface area contributed by atoms with Gasteiger partial charge < -0.3 is 15.3 Å². The molecule has 7 heteroatoms. The number of carbonyl (C=O) groups excluding carboxylic acids is 1. The number of benzene rings is 1. The van der Waals surface area contributed by atoms with Crippen LogP contribution in [0.2, 0.25) is 0 Å². The van der Waals surface area contributed by atoms with Gasteiger partial charge in [0.25, 0.3) is 0 Å². The number of nitrogens with zero attached hydrogens (tertiary/aromatic N) is 4. The van der Waals surface area contributed by atoms with Gasteiger partial charge in [-0.2, -0.15) is 0 Å². The Hall–Kier alpha value is -3.48. The molecule has 2 aromatic heterocycles. The third kappa shape index (κ3) is 5.75. The Kier molecular flexibility index (Phi) is 6.73. The highest BCUT2D eigenvalue weighted by Crippen LogP contribution is 2.28. The van der Waals surface area contributed by atoms with Crippen LogP contribution < -0.4 is 10.2 Å². The van der Waals surface area contributed by atoms with Gasteiger partial charge in [-0.1, -0.05) is 18.2 Å². The Morgan fingerprint density at radius 3 is 2.48 bits per heavy atom. The molecule has 3 rings (SSSR count). The van der Waals surface area contributed by atoms with Crippen LogP contribution >= 0.6 is 0 Å². The van der Waals surface area contributed by atoms with Crippen molar-refractivity contribution in [3.8, 4) is 5.75 Å². The smallest absolute Gasteiger partial charge is 0.227 e. The second kappa shape index (κ2) is 9.64. The number of hydrogen-bond donors (Lipinski definition) is 2. The van der Waals surface area contributed by atoms with E-state index in [-0.39, 0.29) is 11.7 Å². The summed E-state index contributed by atoms with van der Waals surface area (Å²) in [5.74, 6) is 0.555. The number of amides is 1. The predicted octanol–water partition coefficient (Wildman–Crippen LogP) is 3.62. The summed E-state index contributed by atoms with van der Waals surface area (Å²) in [7, 11) is 0. The maximum absolute atomic E-state index is 12.9. The van der Waals surface area contributed by atoms with Gasteiger partial charge in [0.1, 0.15) is 5.75 Å². The molecule has 0 aliphatic heterocycles. The van der Waals surface area contributed by atoms with Crippen molar-refractivity contribution in [2.75, 3.05) is 16.8 Å². The molecule has 150 valence electrons. The van der Waals surface area contributed by atoms with E-state index in [0.29, 0.717) is 37.6 Å². The molecule has 3 aromatic rings. The van der Waals surface area contributed by atoms with Gasteiger partial charge in [0.2, 0.25) is 11.9 Å². The molecule has 0 bridgehead atoms. The van der Waals surface area contributed by atoms with Crippen molar-refractivity contribution in [3.05, 3.63) is 71.8 Å². The molecule has 0 spiro atoms.